The number of hydrogen-bond acceptors (Lipinski definition) is 4. The molecule has 0 bridgehead atoms. The Balaban J connectivity index is 1.67. The van der Waals surface area contributed by atoms with Crippen molar-refractivity contribution in [2.45, 2.75) is 6.61 Å². The maximum atomic E-state index is 12.4. The van der Waals surface area contributed by atoms with Gasteiger partial charge in [-0.05, 0) is 42.0 Å². The number of ketones is 1. The van der Waals surface area contributed by atoms with Crippen molar-refractivity contribution in [2.24, 2.45) is 0 Å². The molecule has 0 saturated carbocycles. The summed E-state index contributed by atoms with van der Waals surface area (Å²) in [4.78, 5) is 14.6. The summed E-state index contributed by atoms with van der Waals surface area (Å²) >= 11 is 6.29. The van der Waals surface area contributed by atoms with E-state index in [2.05, 4.69) is 9.64 Å². The molecule has 4 nitrogen and oxygen atoms in total. The number of hydrogen-bond donors (Lipinski definition) is 0. The second kappa shape index (κ2) is 8.97. The summed E-state index contributed by atoms with van der Waals surface area (Å²) in [5.41, 5.74) is 2.05. The molecule has 0 aliphatic carbocycles. The van der Waals surface area contributed by atoms with E-state index in [1.54, 1.807) is 30.3 Å². The number of carbonyl (C=O) groups is 1. The summed E-state index contributed by atoms with van der Waals surface area (Å²) in [7, 11) is 0. The molecule has 142 valence electrons. The van der Waals surface area contributed by atoms with E-state index in [0.717, 1.165) is 18.8 Å². The van der Waals surface area contributed by atoms with Crippen molar-refractivity contribution in [1.29, 1.82) is 0 Å². The van der Waals surface area contributed by atoms with Gasteiger partial charge in [-0.2, -0.15) is 8.78 Å². The number of nitrogens with zero attached hydrogens (tertiary/aromatic N) is 1. The normalized spacial score (nSPS) is 14.7. The Bertz CT molecular complexity index is 818. The molecule has 0 amide bonds. The molecule has 7 heteroatoms. The molecule has 27 heavy (non-hydrogen) atoms. The van der Waals surface area contributed by atoms with Crippen LogP contribution in [0.4, 0.5) is 14.5 Å². The molecule has 0 unspecified atom stereocenters. The number of morpholine rings is 1. The van der Waals surface area contributed by atoms with Gasteiger partial charge in [-0.3, -0.25) is 4.79 Å². The number of ether oxygens (including phenoxy) is 2. The molecule has 1 aliphatic rings. The predicted molar refractivity (Wildman–Crippen MR) is 101 cm³/mol. The Labute approximate surface area is 160 Å². The Hall–Kier alpha value is -2.44. The number of halogens is 3. The predicted octanol–water partition coefficient (Wildman–Crippen LogP) is 4.67. The van der Waals surface area contributed by atoms with Crippen LogP contribution in [-0.2, 0) is 4.74 Å². The molecule has 2 aromatic carbocycles. The minimum absolute atomic E-state index is 0.0650. The number of benzene rings is 2. The lowest BCUT2D eigenvalue weighted by Crippen LogP contribution is -2.36. The lowest BCUT2D eigenvalue weighted by Gasteiger charge is -2.29. The Morgan fingerprint density at radius 2 is 1.85 bits per heavy atom. The van der Waals surface area contributed by atoms with Gasteiger partial charge in [0.1, 0.15) is 5.75 Å². The van der Waals surface area contributed by atoms with Crippen molar-refractivity contribution < 1.29 is 23.0 Å². The van der Waals surface area contributed by atoms with Crippen LogP contribution < -0.4 is 9.64 Å². The van der Waals surface area contributed by atoms with E-state index < -0.39 is 6.61 Å². The van der Waals surface area contributed by atoms with Gasteiger partial charge in [0.05, 0.1) is 18.2 Å². The van der Waals surface area contributed by atoms with Crippen LogP contribution in [0.25, 0.3) is 6.08 Å². The van der Waals surface area contributed by atoms with Gasteiger partial charge in [0.2, 0.25) is 0 Å². The fraction of sp³-hybridized carbons (Fsp3) is 0.250. The molecule has 1 aliphatic heterocycles. The SMILES string of the molecule is O=C(C=Cc1ccc(OC(F)F)cc1)c1ccc(N2CCOCC2)cc1Cl. The quantitative estimate of drug-likeness (QED) is 0.528. The lowest BCUT2D eigenvalue weighted by molar-refractivity contribution is -0.0498. The molecule has 1 heterocycles. The first-order chi connectivity index (χ1) is 13.0. The van der Waals surface area contributed by atoms with Crippen LogP contribution in [-0.4, -0.2) is 38.7 Å². The Morgan fingerprint density at radius 1 is 1.15 bits per heavy atom. The second-order valence-corrected chi connectivity index (χ2v) is 6.32. The van der Waals surface area contributed by atoms with Gasteiger partial charge in [-0.1, -0.05) is 29.8 Å². The topological polar surface area (TPSA) is 38.8 Å². The Morgan fingerprint density at radius 3 is 2.48 bits per heavy atom. The molecule has 1 fully saturated rings. The highest BCUT2D eigenvalue weighted by Crippen LogP contribution is 2.25. The van der Waals surface area contributed by atoms with Crippen LogP contribution in [0.2, 0.25) is 5.02 Å². The molecule has 0 atom stereocenters. The van der Waals surface area contributed by atoms with Crippen molar-refractivity contribution in [3.8, 4) is 5.75 Å². The van der Waals surface area contributed by atoms with Crippen LogP contribution in [0.1, 0.15) is 15.9 Å². The van der Waals surface area contributed by atoms with E-state index >= 15 is 0 Å². The number of carbonyl (C=O) groups excluding carboxylic acids is 1. The van der Waals surface area contributed by atoms with Crippen LogP contribution in [0.15, 0.2) is 48.5 Å². The van der Waals surface area contributed by atoms with Crippen molar-refractivity contribution in [3.05, 3.63) is 64.7 Å². The standard InChI is InChI=1S/C20H18ClF2NO3/c21-18-13-15(24-9-11-26-12-10-24)4-7-17(18)19(25)8-3-14-1-5-16(6-2-14)27-20(22)23/h1-8,13,20H,9-12H2. The number of alkyl halides is 2. The maximum Gasteiger partial charge on any atom is 0.387 e. The van der Waals surface area contributed by atoms with Gasteiger partial charge in [-0.15, -0.1) is 0 Å². The van der Waals surface area contributed by atoms with E-state index in [9.17, 15) is 13.6 Å². The van der Waals surface area contributed by atoms with Gasteiger partial charge in [-0.25, -0.2) is 0 Å². The third-order valence-electron chi connectivity index (χ3n) is 4.13. The average Bonchev–Trinajstić information content (AvgIpc) is 2.67. The molecule has 0 radical (unpaired) electrons. The van der Waals surface area contributed by atoms with Crippen molar-refractivity contribution in [1.82, 2.24) is 0 Å². The minimum Gasteiger partial charge on any atom is -0.435 e. The molecule has 0 aromatic heterocycles. The molecule has 0 spiro atoms. The molecule has 1 saturated heterocycles. The highest BCUT2D eigenvalue weighted by molar-refractivity contribution is 6.35. The van der Waals surface area contributed by atoms with Crippen LogP contribution >= 0.6 is 11.6 Å². The summed E-state index contributed by atoms with van der Waals surface area (Å²) in [6.45, 7) is 0.0454. The lowest BCUT2D eigenvalue weighted by atomic mass is 10.1. The number of anilines is 1. The summed E-state index contributed by atoms with van der Waals surface area (Å²) in [5.74, 6) is -0.170. The largest absolute Gasteiger partial charge is 0.435 e. The summed E-state index contributed by atoms with van der Waals surface area (Å²) < 4.78 is 33.9. The third kappa shape index (κ3) is 5.28. The van der Waals surface area contributed by atoms with Crippen LogP contribution in [0, 0.1) is 0 Å². The van der Waals surface area contributed by atoms with Crippen LogP contribution in [0.3, 0.4) is 0 Å². The Kier molecular flexibility index (Phi) is 6.42. The second-order valence-electron chi connectivity index (χ2n) is 5.91. The van der Waals surface area contributed by atoms with E-state index in [1.165, 1.54) is 18.2 Å². The highest BCUT2D eigenvalue weighted by atomic mass is 35.5. The third-order valence-corrected chi connectivity index (χ3v) is 4.44. The van der Waals surface area contributed by atoms with Gasteiger partial charge < -0.3 is 14.4 Å². The van der Waals surface area contributed by atoms with E-state index in [0.29, 0.717) is 29.4 Å². The van der Waals surface area contributed by atoms with Gasteiger partial charge in [0, 0.05) is 24.3 Å². The highest BCUT2D eigenvalue weighted by Gasteiger charge is 2.14. The van der Waals surface area contributed by atoms with E-state index in [-0.39, 0.29) is 11.5 Å². The number of rotatable bonds is 6. The number of allylic oxidation sites excluding steroid dienone is 1. The summed E-state index contributed by atoms with van der Waals surface area (Å²) in [6.07, 6.45) is 3.00. The first-order valence-electron chi connectivity index (χ1n) is 8.42. The molecule has 0 N–H and O–H groups in total. The van der Waals surface area contributed by atoms with E-state index in [1.807, 2.05) is 6.07 Å². The molecular formula is C20H18ClF2NO3. The zero-order valence-corrected chi connectivity index (χ0v) is 15.2. The van der Waals surface area contributed by atoms with E-state index in [4.69, 9.17) is 16.3 Å². The maximum absolute atomic E-state index is 12.4. The minimum atomic E-state index is -2.87. The first-order valence-corrected chi connectivity index (χ1v) is 8.80. The fourth-order valence-electron chi connectivity index (χ4n) is 2.74. The fourth-order valence-corrected chi connectivity index (χ4v) is 3.01. The van der Waals surface area contributed by atoms with Gasteiger partial charge in [0.25, 0.3) is 0 Å². The smallest absolute Gasteiger partial charge is 0.387 e. The zero-order valence-electron chi connectivity index (χ0n) is 14.4. The van der Waals surface area contributed by atoms with Crippen molar-refractivity contribution in [2.75, 3.05) is 31.2 Å². The van der Waals surface area contributed by atoms with Gasteiger partial charge >= 0.3 is 6.61 Å². The molecule has 2 aromatic rings. The van der Waals surface area contributed by atoms with Gasteiger partial charge in [0.15, 0.2) is 5.78 Å². The summed E-state index contributed by atoms with van der Waals surface area (Å²) in [6, 6.07) is 11.4. The summed E-state index contributed by atoms with van der Waals surface area (Å²) in [5, 5.41) is 0.384. The monoisotopic (exact) mass is 393 g/mol. The molecule has 3 rings (SSSR count). The zero-order chi connectivity index (χ0) is 19.2. The average molecular weight is 394 g/mol. The van der Waals surface area contributed by atoms with Crippen molar-refractivity contribution >= 4 is 29.1 Å². The van der Waals surface area contributed by atoms with Crippen molar-refractivity contribution in [3.63, 3.8) is 0 Å². The first kappa shape index (κ1) is 19.3. The molecular weight excluding hydrogens is 376 g/mol. The van der Waals surface area contributed by atoms with Crippen LogP contribution in [0.5, 0.6) is 5.75 Å².